The molecule has 2 amide bonds. The lowest BCUT2D eigenvalue weighted by Crippen LogP contribution is -2.33. The highest BCUT2D eigenvalue weighted by molar-refractivity contribution is 5.97. The van der Waals surface area contributed by atoms with Gasteiger partial charge in [0.2, 0.25) is 5.91 Å². The SMILES string of the molecule is CC1CCN(c2ccc(CNC(=O)c3ccc(N4CCCC4=O)cc3)cn2)CC1. The Balaban J connectivity index is 1.30. The first-order valence-corrected chi connectivity index (χ1v) is 10.5. The quantitative estimate of drug-likeness (QED) is 0.847. The van der Waals surface area contributed by atoms with Crippen molar-refractivity contribution in [3.8, 4) is 0 Å². The molecule has 0 radical (unpaired) electrons. The monoisotopic (exact) mass is 392 g/mol. The van der Waals surface area contributed by atoms with Gasteiger partial charge in [-0.3, -0.25) is 9.59 Å². The normalized spacial score (nSPS) is 17.6. The lowest BCUT2D eigenvalue weighted by atomic mass is 9.99. The van der Waals surface area contributed by atoms with E-state index in [-0.39, 0.29) is 11.8 Å². The maximum atomic E-state index is 12.4. The van der Waals surface area contributed by atoms with Crippen molar-refractivity contribution >= 4 is 23.3 Å². The number of carbonyl (C=O) groups excluding carboxylic acids is 2. The summed E-state index contributed by atoms with van der Waals surface area (Å²) in [5.74, 6) is 1.83. The second-order valence-electron chi connectivity index (χ2n) is 8.07. The summed E-state index contributed by atoms with van der Waals surface area (Å²) in [6, 6.07) is 11.3. The number of hydrogen-bond donors (Lipinski definition) is 1. The van der Waals surface area contributed by atoms with Crippen LogP contribution < -0.4 is 15.1 Å². The van der Waals surface area contributed by atoms with Gasteiger partial charge in [-0.05, 0) is 61.1 Å². The van der Waals surface area contributed by atoms with Crippen LogP contribution in [-0.4, -0.2) is 36.4 Å². The topological polar surface area (TPSA) is 65.5 Å². The molecule has 0 bridgehead atoms. The molecule has 6 heteroatoms. The third kappa shape index (κ3) is 4.58. The number of benzene rings is 1. The molecule has 0 atom stereocenters. The number of anilines is 2. The Morgan fingerprint density at radius 3 is 2.48 bits per heavy atom. The van der Waals surface area contributed by atoms with E-state index in [1.165, 1.54) is 12.8 Å². The minimum Gasteiger partial charge on any atom is -0.357 e. The van der Waals surface area contributed by atoms with E-state index in [1.54, 1.807) is 17.0 Å². The molecular formula is C23H28N4O2. The Kier molecular flexibility index (Phi) is 5.79. The van der Waals surface area contributed by atoms with E-state index in [1.807, 2.05) is 30.5 Å². The first-order valence-electron chi connectivity index (χ1n) is 10.5. The van der Waals surface area contributed by atoms with E-state index in [4.69, 9.17) is 0 Å². The van der Waals surface area contributed by atoms with Crippen LogP contribution in [0, 0.1) is 5.92 Å². The standard InChI is InChI=1S/C23H28N4O2/c1-17-10-13-26(14-11-17)21-9-4-18(15-24-21)16-25-23(29)19-5-7-20(8-6-19)27-12-2-3-22(27)28/h4-9,15,17H,2-3,10-14,16H2,1H3,(H,25,29). The minimum atomic E-state index is -0.126. The van der Waals surface area contributed by atoms with E-state index < -0.39 is 0 Å². The maximum absolute atomic E-state index is 12.4. The van der Waals surface area contributed by atoms with Gasteiger partial charge in [-0.1, -0.05) is 13.0 Å². The van der Waals surface area contributed by atoms with E-state index >= 15 is 0 Å². The molecular weight excluding hydrogens is 364 g/mol. The fourth-order valence-electron chi connectivity index (χ4n) is 3.94. The van der Waals surface area contributed by atoms with E-state index in [9.17, 15) is 9.59 Å². The molecule has 0 spiro atoms. The van der Waals surface area contributed by atoms with Crippen LogP contribution in [0.4, 0.5) is 11.5 Å². The summed E-state index contributed by atoms with van der Waals surface area (Å²) in [4.78, 5) is 33.0. The molecule has 0 unspecified atom stereocenters. The lowest BCUT2D eigenvalue weighted by molar-refractivity contribution is -0.117. The van der Waals surface area contributed by atoms with Crippen molar-refractivity contribution in [1.82, 2.24) is 10.3 Å². The summed E-state index contributed by atoms with van der Waals surface area (Å²) in [6.45, 7) is 5.61. The average Bonchev–Trinajstić information content (AvgIpc) is 3.19. The van der Waals surface area contributed by atoms with Crippen LogP contribution in [0.2, 0.25) is 0 Å². The number of nitrogens with one attached hydrogen (secondary N) is 1. The predicted molar refractivity (Wildman–Crippen MR) is 114 cm³/mol. The molecule has 29 heavy (non-hydrogen) atoms. The van der Waals surface area contributed by atoms with Crippen molar-refractivity contribution in [3.05, 3.63) is 53.7 Å². The molecule has 1 N–H and O–H groups in total. The second-order valence-corrected chi connectivity index (χ2v) is 8.07. The van der Waals surface area contributed by atoms with E-state index in [0.717, 1.165) is 49.0 Å². The summed E-state index contributed by atoms with van der Waals surface area (Å²) in [6.07, 6.45) is 5.76. The van der Waals surface area contributed by atoms with Crippen LogP contribution in [0.1, 0.15) is 48.5 Å². The summed E-state index contributed by atoms with van der Waals surface area (Å²) in [5.41, 5.74) is 2.43. The molecule has 2 aliphatic heterocycles. The Morgan fingerprint density at radius 2 is 1.86 bits per heavy atom. The third-order valence-electron chi connectivity index (χ3n) is 5.88. The van der Waals surface area contributed by atoms with Crippen LogP contribution in [0.25, 0.3) is 0 Å². The summed E-state index contributed by atoms with van der Waals surface area (Å²) >= 11 is 0. The Labute approximate surface area is 171 Å². The average molecular weight is 393 g/mol. The Hall–Kier alpha value is -2.89. The van der Waals surface area contributed by atoms with Crippen molar-refractivity contribution in [2.45, 2.75) is 39.2 Å². The van der Waals surface area contributed by atoms with E-state index in [2.05, 4.69) is 22.1 Å². The highest BCUT2D eigenvalue weighted by Crippen LogP contribution is 2.22. The van der Waals surface area contributed by atoms with Gasteiger partial charge in [-0.2, -0.15) is 0 Å². The maximum Gasteiger partial charge on any atom is 0.251 e. The molecule has 2 fully saturated rings. The molecule has 2 aromatic rings. The molecule has 152 valence electrons. The smallest absolute Gasteiger partial charge is 0.251 e. The number of piperidine rings is 1. The van der Waals surface area contributed by atoms with Gasteiger partial charge >= 0.3 is 0 Å². The zero-order valence-electron chi connectivity index (χ0n) is 16.9. The first-order chi connectivity index (χ1) is 14.1. The van der Waals surface area contributed by atoms with Gasteiger partial charge in [-0.25, -0.2) is 4.98 Å². The number of pyridine rings is 1. The van der Waals surface area contributed by atoms with Crippen molar-refractivity contribution < 1.29 is 9.59 Å². The molecule has 4 rings (SSSR count). The van der Waals surface area contributed by atoms with Crippen LogP contribution in [0.5, 0.6) is 0 Å². The van der Waals surface area contributed by atoms with Crippen molar-refractivity contribution in [1.29, 1.82) is 0 Å². The fourth-order valence-corrected chi connectivity index (χ4v) is 3.94. The van der Waals surface area contributed by atoms with Crippen LogP contribution in [-0.2, 0) is 11.3 Å². The fraction of sp³-hybridized carbons (Fsp3) is 0.435. The Bertz CT molecular complexity index is 855. The van der Waals surface area contributed by atoms with Gasteiger partial charge in [0, 0.05) is 50.0 Å². The molecule has 3 heterocycles. The zero-order valence-corrected chi connectivity index (χ0v) is 16.9. The molecule has 0 saturated carbocycles. The second kappa shape index (κ2) is 8.64. The number of hydrogen-bond acceptors (Lipinski definition) is 4. The van der Waals surface area contributed by atoms with E-state index in [0.29, 0.717) is 18.5 Å². The van der Waals surface area contributed by atoms with Gasteiger partial charge in [0.25, 0.3) is 5.91 Å². The van der Waals surface area contributed by atoms with Gasteiger partial charge in [0.05, 0.1) is 0 Å². The number of aromatic nitrogens is 1. The molecule has 1 aromatic heterocycles. The van der Waals surface area contributed by atoms with Gasteiger partial charge in [0.15, 0.2) is 0 Å². The zero-order chi connectivity index (χ0) is 20.2. The highest BCUT2D eigenvalue weighted by atomic mass is 16.2. The molecule has 1 aromatic carbocycles. The van der Waals surface area contributed by atoms with Crippen LogP contribution in [0.3, 0.4) is 0 Å². The third-order valence-corrected chi connectivity index (χ3v) is 5.88. The van der Waals surface area contributed by atoms with Crippen molar-refractivity contribution in [2.75, 3.05) is 29.4 Å². The lowest BCUT2D eigenvalue weighted by Gasteiger charge is -2.31. The van der Waals surface area contributed by atoms with Crippen molar-refractivity contribution in [2.24, 2.45) is 5.92 Å². The summed E-state index contributed by atoms with van der Waals surface area (Å²) in [5, 5.41) is 2.94. The molecule has 2 saturated heterocycles. The summed E-state index contributed by atoms with van der Waals surface area (Å²) < 4.78 is 0. The largest absolute Gasteiger partial charge is 0.357 e. The molecule has 6 nitrogen and oxygen atoms in total. The Morgan fingerprint density at radius 1 is 1.10 bits per heavy atom. The van der Waals surface area contributed by atoms with Crippen molar-refractivity contribution in [3.63, 3.8) is 0 Å². The number of rotatable bonds is 5. The minimum absolute atomic E-state index is 0.126. The molecule has 2 aliphatic rings. The van der Waals surface area contributed by atoms with Crippen LogP contribution >= 0.6 is 0 Å². The van der Waals surface area contributed by atoms with Gasteiger partial charge in [-0.15, -0.1) is 0 Å². The number of carbonyl (C=O) groups is 2. The number of amides is 2. The van der Waals surface area contributed by atoms with Gasteiger partial charge in [0.1, 0.15) is 5.82 Å². The first kappa shape index (κ1) is 19.4. The van der Waals surface area contributed by atoms with Gasteiger partial charge < -0.3 is 15.1 Å². The number of nitrogens with zero attached hydrogens (tertiary/aromatic N) is 3. The summed E-state index contributed by atoms with van der Waals surface area (Å²) in [7, 11) is 0. The van der Waals surface area contributed by atoms with Crippen LogP contribution in [0.15, 0.2) is 42.6 Å². The molecule has 0 aliphatic carbocycles. The predicted octanol–water partition coefficient (Wildman–Crippen LogP) is 3.37. The highest BCUT2D eigenvalue weighted by Gasteiger charge is 2.21.